The molecule has 5 heteroatoms. The lowest BCUT2D eigenvalue weighted by atomic mass is 10.2. The SMILES string of the molecule is COc1ccc2[nH]c(=O)n(Cc3ccccc3O)c2c1. The number of nitrogens with one attached hydrogen (secondary N) is 1. The van der Waals surface area contributed by atoms with Crippen LogP contribution in [0.5, 0.6) is 11.5 Å². The molecule has 102 valence electrons. The largest absolute Gasteiger partial charge is 0.508 e. The van der Waals surface area contributed by atoms with Crippen molar-refractivity contribution in [3.8, 4) is 11.5 Å². The Hall–Kier alpha value is -2.69. The number of para-hydroxylation sites is 1. The number of methoxy groups -OCH3 is 1. The van der Waals surface area contributed by atoms with Crippen LogP contribution in [-0.4, -0.2) is 21.8 Å². The Kier molecular flexibility index (Phi) is 2.95. The summed E-state index contributed by atoms with van der Waals surface area (Å²) in [5, 5.41) is 9.82. The van der Waals surface area contributed by atoms with Crippen molar-refractivity contribution in [2.45, 2.75) is 6.54 Å². The standard InChI is InChI=1S/C15H14N2O3/c1-20-11-6-7-12-13(8-11)17(15(19)16-12)9-10-4-2-3-5-14(10)18/h2-8,18H,9H2,1H3,(H,16,19). The van der Waals surface area contributed by atoms with Crippen molar-refractivity contribution in [1.82, 2.24) is 9.55 Å². The van der Waals surface area contributed by atoms with E-state index < -0.39 is 0 Å². The number of ether oxygens (including phenoxy) is 1. The zero-order valence-electron chi connectivity index (χ0n) is 11.0. The first-order valence-electron chi connectivity index (χ1n) is 6.22. The summed E-state index contributed by atoms with van der Waals surface area (Å²) in [7, 11) is 1.58. The highest BCUT2D eigenvalue weighted by Crippen LogP contribution is 2.21. The molecule has 3 rings (SSSR count). The highest BCUT2D eigenvalue weighted by molar-refractivity contribution is 5.77. The van der Waals surface area contributed by atoms with Crippen LogP contribution in [0, 0.1) is 0 Å². The first-order chi connectivity index (χ1) is 9.69. The second kappa shape index (κ2) is 4.77. The second-order valence-corrected chi connectivity index (χ2v) is 4.53. The number of nitrogens with zero attached hydrogens (tertiary/aromatic N) is 1. The van der Waals surface area contributed by atoms with E-state index in [1.54, 1.807) is 48.1 Å². The molecule has 1 heterocycles. The first kappa shape index (κ1) is 12.3. The normalized spacial score (nSPS) is 10.8. The second-order valence-electron chi connectivity index (χ2n) is 4.53. The molecule has 0 aliphatic carbocycles. The molecule has 0 spiro atoms. The third kappa shape index (κ3) is 2.03. The number of benzene rings is 2. The van der Waals surface area contributed by atoms with Crippen LogP contribution in [0.3, 0.4) is 0 Å². The number of H-pyrrole nitrogens is 1. The van der Waals surface area contributed by atoms with E-state index in [9.17, 15) is 9.90 Å². The molecule has 0 unspecified atom stereocenters. The fourth-order valence-corrected chi connectivity index (χ4v) is 2.23. The summed E-state index contributed by atoms with van der Waals surface area (Å²) >= 11 is 0. The van der Waals surface area contributed by atoms with Gasteiger partial charge in [-0.1, -0.05) is 18.2 Å². The summed E-state index contributed by atoms with van der Waals surface area (Å²) in [5.41, 5.74) is 1.97. The van der Waals surface area contributed by atoms with E-state index in [1.807, 2.05) is 6.07 Å². The molecule has 0 fully saturated rings. The van der Waals surface area contributed by atoms with Crippen LogP contribution in [0.25, 0.3) is 11.0 Å². The number of aromatic hydroxyl groups is 1. The van der Waals surface area contributed by atoms with E-state index >= 15 is 0 Å². The van der Waals surface area contributed by atoms with E-state index in [0.717, 1.165) is 11.0 Å². The topological polar surface area (TPSA) is 67.2 Å². The van der Waals surface area contributed by atoms with Crippen LogP contribution >= 0.6 is 0 Å². The minimum atomic E-state index is -0.212. The molecule has 0 aliphatic rings. The Morgan fingerprint density at radius 1 is 1.25 bits per heavy atom. The molecule has 0 aliphatic heterocycles. The highest BCUT2D eigenvalue weighted by atomic mass is 16.5. The average molecular weight is 270 g/mol. The summed E-state index contributed by atoms with van der Waals surface area (Å²) in [5.74, 6) is 0.860. The van der Waals surface area contributed by atoms with Gasteiger partial charge in [0, 0.05) is 11.6 Å². The van der Waals surface area contributed by atoms with Crippen molar-refractivity contribution in [1.29, 1.82) is 0 Å². The van der Waals surface area contributed by atoms with E-state index in [1.165, 1.54) is 0 Å². The third-order valence-electron chi connectivity index (χ3n) is 3.30. The number of hydrogen-bond donors (Lipinski definition) is 2. The summed E-state index contributed by atoms with van der Waals surface area (Å²) in [6.07, 6.45) is 0. The fourth-order valence-electron chi connectivity index (χ4n) is 2.23. The van der Waals surface area contributed by atoms with Gasteiger partial charge in [0.05, 0.1) is 24.7 Å². The molecule has 0 atom stereocenters. The van der Waals surface area contributed by atoms with E-state index in [2.05, 4.69) is 4.98 Å². The van der Waals surface area contributed by atoms with Crippen LogP contribution in [0.2, 0.25) is 0 Å². The molecule has 2 N–H and O–H groups in total. The Bertz CT molecular complexity index is 817. The van der Waals surface area contributed by atoms with Crippen LogP contribution in [0.15, 0.2) is 47.3 Å². The lowest BCUT2D eigenvalue weighted by molar-refractivity contribution is 0.415. The smallest absolute Gasteiger partial charge is 0.326 e. The van der Waals surface area contributed by atoms with Gasteiger partial charge in [-0.2, -0.15) is 0 Å². The molecule has 0 saturated heterocycles. The van der Waals surface area contributed by atoms with Crippen molar-refractivity contribution >= 4 is 11.0 Å². The van der Waals surface area contributed by atoms with Gasteiger partial charge in [-0.15, -0.1) is 0 Å². The highest BCUT2D eigenvalue weighted by Gasteiger charge is 2.10. The lowest BCUT2D eigenvalue weighted by Gasteiger charge is -2.06. The third-order valence-corrected chi connectivity index (χ3v) is 3.30. The van der Waals surface area contributed by atoms with Gasteiger partial charge in [0.15, 0.2) is 0 Å². The molecule has 1 aromatic heterocycles. The molecular formula is C15H14N2O3. The monoisotopic (exact) mass is 270 g/mol. The number of fused-ring (bicyclic) bond motifs is 1. The number of phenols is 1. The van der Waals surface area contributed by atoms with Gasteiger partial charge < -0.3 is 14.8 Å². The molecule has 0 saturated carbocycles. The predicted octanol–water partition coefficient (Wildman–Crippen LogP) is 2.09. The van der Waals surface area contributed by atoms with Gasteiger partial charge in [0.1, 0.15) is 11.5 Å². The Balaban J connectivity index is 2.13. The van der Waals surface area contributed by atoms with Crippen molar-refractivity contribution in [3.05, 3.63) is 58.5 Å². The fraction of sp³-hybridized carbons (Fsp3) is 0.133. The quantitative estimate of drug-likeness (QED) is 0.765. The van der Waals surface area contributed by atoms with Gasteiger partial charge >= 0.3 is 5.69 Å². The zero-order chi connectivity index (χ0) is 14.1. The number of aromatic amines is 1. The molecule has 0 bridgehead atoms. The molecule has 2 aromatic carbocycles. The van der Waals surface area contributed by atoms with Crippen molar-refractivity contribution in [3.63, 3.8) is 0 Å². The Morgan fingerprint density at radius 2 is 2.05 bits per heavy atom. The average Bonchev–Trinajstić information content (AvgIpc) is 2.77. The maximum Gasteiger partial charge on any atom is 0.326 e. The summed E-state index contributed by atoms with van der Waals surface area (Å²) in [6.45, 7) is 0.304. The molecule has 20 heavy (non-hydrogen) atoms. The van der Waals surface area contributed by atoms with E-state index in [-0.39, 0.29) is 11.4 Å². The van der Waals surface area contributed by atoms with Gasteiger partial charge in [0.2, 0.25) is 0 Å². The van der Waals surface area contributed by atoms with E-state index in [4.69, 9.17) is 4.74 Å². The van der Waals surface area contributed by atoms with Gasteiger partial charge in [-0.05, 0) is 18.2 Å². The lowest BCUT2D eigenvalue weighted by Crippen LogP contribution is -2.17. The maximum atomic E-state index is 12.0. The minimum absolute atomic E-state index is 0.177. The molecular weight excluding hydrogens is 256 g/mol. The van der Waals surface area contributed by atoms with Crippen LogP contribution < -0.4 is 10.4 Å². The Morgan fingerprint density at radius 3 is 2.80 bits per heavy atom. The first-order valence-corrected chi connectivity index (χ1v) is 6.22. The number of phenolic OH excluding ortho intramolecular Hbond substituents is 1. The number of aromatic nitrogens is 2. The van der Waals surface area contributed by atoms with Crippen molar-refractivity contribution in [2.24, 2.45) is 0 Å². The molecule has 0 radical (unpaired) electrons. The zero-order valence-corrected chi connectivity index (χ0v) is 11.0. The van der Waals surface area contributed by atoms with Gasteiger partial charge in [0.25, 0.3) is 0 Å². The maximum absolute atomic E-state index is 12.0. The minimum Gasteiger partial charge on any atom is -0.508 e. The van der Waals surface area contributed by atoms with E-state index in [0.29, 0.717) is 17.9 Å². The summed E-state index contributed by atoms with van der Waals surface area (Å²) < 4.78 is 6.76. The van der Waals surface area contributed by atoms with Gasteiger partial charge in [-0.25, -0.2) is 4.79 Å². The molecule has 0 amide bonds. The van der Waals surface area contributed by atoms with Crippen LogP contribution in [0.1, 0.15) is 5.56 Å². The van der Waals surface area contributed by atoms with Crippen molar-refractivity contribution in [2.75, 3.05) is 7.11 Å². The number of imidazole rings is 1. The van der Waals surface area contributed by atoms with Crippen LogP contribution in [0.4, 0.5) is 0 Å². The number of rotatable bonds is 3. The predicted molar refractivity (Wildman–Crippen MR) is 76.3 cm³/mol. The van der Waals surface area contributed by atoms with Gasteiger partial charge in [-0.3, -0.25) is 4.57 Å². The summed E-state index contributed by atoms with van der Waals surface area (Å²) in [4.78, 5) is 14.8. The van der Waals surface area contributed by atoms with Crippen molar-refractivity contribution < 1.29 is 9.84 Å². The Labute approximate surface area is 115 Å². The number of hydrogen-bond acceptors (Lipinski definition) is 3. The van der Waals surface area contributed by atoms with Crippen LogP contribution in [-0.2, 0) is 6.54 Å². The molecule has 3 aromatic rings. The molecule has 5 nitrogen and oxygen atoms in total. The summed E-state index contributed by atoms with van der Waals surface area (Å²) in [6, 6.07) is 12.4.